The van der Waals surface area contributed by atoms with Crippen molar-refractivity contribution in [1.29, 1.82) is 0 Å². The van der Waals surface area contributed by atoms with Crippen molar-refractivity contribution >= 4 is 67.2 Å². The van der Waals surface area contributed by atoms with E-state index in [0.29, 0.717) is 16.6 Å². The first kappa shape index (κ1) is 24.5. The van der Waals surface area contributed by atoms with E-state index in [1.807, 2.05) is 4.72 Å². The molecule has 0 bridgehead atoms. The van der Waals surface area contributed by atoms with E-state index in [0.717, 1.165) is 11.3 Å². The highest BCUT2D eigenvalue weighted by molar-refractivity contribution is 7.92. The van der Waals surface area contributed by atoms with Crippen molar-refractivity contribution in [2.75, 3.05) is 17.7 Å². The number of carbonyl (C=O) groups is 1. The fourth-order valence-electron chi connectivity index (χ4n) is 3.43. The molecule has 0 radical (unpaired) electrons. The smallest absolute Gasteiger partial charge is 0.333 e. The molecule has 0 saturated carbocycles. The maximum absolute atomic E-state index is 14.3. The number of pyridine rings is 1. The molecule has 2 aromatic carbocycles. The van der Waals surface area contributed by atoms with Crippen molar-refractivity contribution in [2.24, 2.45) is 0 Å². The molecule has 0 saturated heterocycles. The molecule has 0 aliphatic rings. The molecular weight excluding hydrogens is 515 g/mol. The number of benzene rings is 2. The van der Waals surface area contributed by atoms with Gasteiger partial charge in [0, 0.05) is 24.5 Å². The molecule has 2 aromatic heterocycles. The first-order valence-corrected chi connectivity index (χ1v) is 12.7. The summed E-state index contributed by atoms with van der Waals surface area (Å²) in [7, 11) is -2.50. The number of fused-ring (bicyclic) bond motifs is 1. The summed E-state index contributed by atoms with van der Waals surface area (Å²) in [4.78, 5) is 25.4. The predicted octanol–water partition coefficient (Wildman–Crippen LogP) is 5.04. The normalized spacial score (nSPS) is 11.3. The molecule has 0 spiro atoms. The van der Waals surface area contributed by atoms with E-state index < -0.39 is 27.4 Å². The summed E-state index contributed by atoms with van der Waals surface area (Å²) in [5.41, 5.74) is 1.02. The van der Waals surface area contributed by atoms with Gasteiger partial charge in [0.25, 0.3) is 15.6 Å². The van der Waals surface area contributed by atoms with Gasteiger partial charge in [-0.05, 0) is 53.9 Å². The van der Waals surface area contributed by atoms with Gasteiger partial charge in [-0.25, -0.2) is 22.3 Å². The first-order chi connectivity index (χ1) is 16.6. The molecule has 0 unspecified atom stereocenters. The van der Waals surface area contributed by atoms with Crippen LogP contribution in [0, 0.1) is 5.82 Å². The van der Waals surface area contributed by atoms with Crippen LogP contribution in [-0.4, -0.2) is 26.1 Å². The summed E-state index contributed by atoms with van der Waals surface area (Å²) in [6.07, 6.45) is 3.03. The molecule has 2 heterocycles. The summed E-state index contributed by atoms with van der Waals surface area (Å²) in [5, 5.41) is 5.94. The summed E-state index contributed by atoms with van der Waals surface area (Å²) in [6.45, 7) is 3.75. The van der Waals surface area contributed by atoms with E-state index in [9.17, 15) is 22.4 Å². The zero-order chi connectivity index (χ0) is 25.3. The third kappa shape index (κ3) is 4.92. The lowest BCUT2D eigenvalue weighted by Gasteiger charge is -2.14. The highest BCUT2D eigenvalue weighted by Gasteiger charge is 2.20. The average Bonchev–Trinajstić information content (AvgIpc) is 3.26. The molecule has 180 valence electrons. The first-order valence-electron chi connectivity index (χ1n) is 10.0. The zero-order valence-electron chi connectivity index (χ0n) is 18.1. The maximum Gasteiger partial charge on any atom is 0.333 e. The highest BCUT2D eigenvalue weighted by atomic mass is 35.5. The van der Waals surface area contributed by atoms with Gasteiger partial charge in [0.15, 0.2) is 0 Å². The Bertz CT molecular complexity index is 1650. The van der Waals surface area contributed by atoms with Crippen LogP contribution in [0.1, 0.15) is 5.56 Å². The summed E-state index contributed by atoms with van der Waals surface area (Å²) in [5.74, 6) is -0.552. The number of halogens is 2. The second-order valence-electron chi connectivity index (χ2n) is 7.26. The van der Waals surface area contributed by atoms with Crippen molar-refractivity contribution in [3.05, 3.63) is 87.4 Å². The van der Waals surface area contributed by atoms with Gasteiger partial charge in [0.05, 0.1) is 21.1 Å². The number of anilines is 2. The van der Waals surface area contributed by atoms with E-state index in [4.69, 9.17) is 11.6 Å². The molecule has 12 heteroatoms. The minimum Gasteiger partial charge on any atom is -0.386 e. The van der Waals surface area contributed by atoms with Gasteiger partial charge in [-0.15, -0.1) is 11.3 Å². The number of nitrogens with zero attached hydrogens (tertiary/aromatic N) is 1. The Kier molecular flexibility index (Phi) is 6.66. The second-order valence-corrected chi connectivity index (χ2v) is 10.9. The number of hydrogen-bond acceptors (Lipinski definition) is 6. The van der Waals surface area contributed by atoms with Gasteiger partial charge in [0.2, 0.25) is 0 Å². The Hall–Kier alpha value is -3.67. The molecule has 8 nitrogen and oxygen atoms in total. The number of rotatable bonds is 6. The number of amides is 2. The number of aromatic nitrogens is 1. The molecule has 0 aliphatic heterocycles. The number of nitrogens with one attached hydrogen (secondary N) is 3. The number of sulfonamides is 1. The lowest BCUT2D eigenvalue weighted by molar-refractivity contribution is 0.256. The number of urea groups is 1. The highest BCUT2D eigenvalue weighted by Crippen LogP contribution is 2.26. The van der Waals surface area contributed by atoms with E-state index in [2.05, 4.69) is 17.2 Å². The molecule has 0 aliphatic carbocycles. The Labute approximate surface area is 208 Å². The van der Waals surface area contributed by atoms with E-state index in [1.54, 1.807) is 31.4 Å². The van der Waals surface area contributed by atoms with Gasteiger partial charge in [-0.3, -0.25) is 9.36 Å². The fourth-order valence-corrected chi connectivity index (χ4v) is 5.82. The molecule has 0 fully saturated rings. The number of thiophene rings is 1. The van der Waals surface area contributed by atoms with E-state index >= 15 is 0 Å². The summed E-state index contributed by atoms with van der Waals surface area (Å²) in [6, 6.07) is 10.7. The van der Waals surface area contributed by atoms with Crippen molar-refractivity contribution < 1.29 is 17.6 Å². The fraction of sp³-hybridized carbons (Fsp3) is 0.0435. The Morgan fingerprint density at radius 2 is 1.94 bits per heavy atom. The van der Waals surface area contributed by atoms with Crippen molar-refractivity contribution in [3.63, 3.8) is 0 Å². The van der Waals surface area contributed by atoms with Crippen LogP contribution < -0.4 is 20.9 Å². The van der Waals surface area contributed by atoms with Crippen LogP contribution in [0.2, 0.25) is 4.34 Å². The van der Waals surface area contributed by atoms with Crippen LogP contribution >= 0.6 is 22.9 Å². The molecule has 0 atom stereocenters. The van der Waals surface area contributed by atoms with Gasteiger partial charge >= 0.3 is 6.03 Å². The third-order valence-electron chi connectivity index (χ3n) is 5.07. The molecule has 4 aromatic rings. The molecule has 4 rings (SSSR count). The predicted molar refractivity (Wildman–Crippen MR) is 138 cm³/mol. The molecule has 3 N–H and O–H groups in total. The minimum absolute atomic E-state index is 0.103. The van der Waals surface area contributed by atoms with Gasteiger partial charge in [0.1, 0.15) is 10.0 Å². The quantitative estimate of drug-likeness (QED) is 0.322. The van der Waals surface area contributed by atoms with Crippen LogP contribution in [0.25, 0.3) is 22.5 Å². The van der Waals surface area contributed by atoms with Crippen molar-refractivity contribution in [2.45, 2.75) is 4.21 Å². The number of carbonyl (C=O) groups excluding carboxylic acids is 1. The zero-order valence-corrected chi connectivity index (χ0v) is 20.5. The number of hydrogen-bond donors (Lipinski definition) is 3. The standard InChI is InChI=1S/C23H18ClFN4O4S2/c1-3-13-10-15(27-23(31)28-35(32,33)21-7-6-20(24)34-21)4-5-19(13)29-9-8-14-11-18(26-2)17(25)12-16(14)22(29)30/h3-12,26H,1H2,2H3,(H2,27,28,31). The molecule has 35 heavy (non-hydrogen) atoms. The van der Waals surface area contributed by atoms with Crippen LogP contribution in [0.15, 0.2) is 70.3 Å². The largest absolute Gasteiger partial charge is 0.386 e. The van der Waals surface area contributed by atoms with E-state index in [1.165, 1.54) is 41.0 Å². The maximum atomic E-state index is 14.3. The lowest BCUT2D eigenvalue weighted by atomic mass is 10.1. The van der Waals surface area contributed by atoms with Crippen LogP contribution in [-0.2, 0) is 10.0 Å². The third-order valence-corrected chi connectivity index (χ3v) is 8.12. The Morgan fingerprint density at radius 1 is 1.17 bits per heavy atom. The molecule has 2 amide bonds. The van der Waals surface area contributed by atoms with Gasteiger partial charge in [-0.1, -0.05) is 24.3 Å². The van der Waals surface area contributed by atoms with Crippen molar-refractivity contribution in [3.8, 4) is 5.69 Å². The summed E-state index contributed by atoms with van der Waals surface area (Å²) < 4.78 is 42.3. The van der Waals surface area contributed by atoms with Gasteiger partial charge < -0.3 is 10.6 Å². The van der Waals surface area contributed by atoms with Crippen molar-refractivity contribution in [1.82, 2.24) is 9.29 Å². The Morgan fingerprint density at radius 3 is 2.60 bits per heavy atom. The SMILES string of the molecule is C=Cc1cc(NC(=O)NS(=O)(=O)c2ccc(Cl)s2)ccc1-n1ccc2cc(NC)c(F)cc2c1=O. The van der Waals surface area contributed by atoms with E-state index in [-0.39, 0.29) is 25.3 Å². The summed E-state index contributed by atoms with van der Waals surface area (Å²) >= 11 is 6.58. The minimum atomic E-state index is -4.09. The Balaban J connectivity index is 1.63. The average molecular weight is 533 g/mol. The monoisotopic (exact) mass is 532 g/mol. The van der Waals surface area contributed by atoms with Gasteiger partial charge in [-0.2, -0.15) is 0 Å². The van der Waals surface area contributed by atoms with Crippen LogP contribution in [0.4, 0.5) is 20.6 Å². The second kappa shape index (κ2) is 9.53. The molecular formula is C23H18ClFN4O4S2. The topological polar surface area (TPSA) is 109 Å². The van der Waals surface area contributed by atoms with Crippen LogP contribution in [0.5, 0.6) is 0 Å². The lowest BCUT2D eigenvalue weighted by Crippen LogP contribution is -2.34. The van der Waals surface area contributed by atoms with Crippen LogP contribution in [0.3, 0.4) is 0 Å².